The number of aromatic nitrogens is 2. The smallest absolute Gasteiger partial charge is 0.321 e. The van der Waals surface area contributed by atoms with Crippen molar-refractivity contribution in [2.24, 2.45) is 0 Å². The minimum atomic E-state index is -0.506. The van der Waals surface area contributed by atoms with Crippen LogP contribution in [0.1, 0.15) is 24.0 Å². The van der Waals surface area contributed by atoms with E-state index >= 15 is 0 Å². The second-order valence-corrected chi connectivity index (χ2v) is 6.42. The summed E-state index contributed by atoms with van der Waals surface area (Å²) < 4.78 is 1.68. The molecule has 0 bridgehead atoms. The number of anilines is 1. The highest BCUT2D eigenvalue weighted by Gasteiger charge is 2.24. The number of halogens is 1. The highest BCUT2D eigenvalue weighted by atomic mass is 35.5. The first-order valence-electron chi connectivity index (χ1n) is 8.15. The average molecular weight is 362 g/mol. The van der Waals surface area contributed by atoms with E-state index in [0.717, 1.165) is 17.5 Å². The molecule has 1 atom stereocenters. The van der Waals surface area contributed by atoms with Crippen LogP contribution in [0.3, 0.4) is 0 Å². The number of rotatable bonds is 4. The zero-order valence-corrected chi connectivity index (χ0v) is 14.6. The first kappa shape index (κ1) is 17.3. The molecule has 3 rings (SSSR count). The summed E-state index contributed by atoms with van der Waals surface area (Å²) in [6.45, 7) is 2.95. The second-order valence-electron chi connectivity index (χ2n) is 6.01. The molecule has 7 nitrogen and oxygen atoms in total. The molecule has 3 N–H and O–H groups in total. The van der Waals surface area contributed by atoms with E-state index in [4.69, 9.17) is 11.6 Å². The van der Waals surface area contributed by atoms with Crippen LogP contribution in [0, 0.1) is 6.92 Å². The molecule has 3 amide bonds. The molecule has 2 heterocycles. The molecule has 2 aromatic rings. The number of carbonyl (C=O) groups is 2. The number of nitrogens with one attached hydrogen (secondary N) is 3. The predicted octanol–water partition coefficient (Wildman–Crippen LogP) is 2.29. The molecule has 1 aromatic heterocycles. The molecule has 0 spiro atoms. The fourth-order valence-electron chi connectivity index (χ4n) is 2.76. The van der Waals surface area contributed by atoms with Gasteiger partial charge in [0.2, 0.25) is 5.91 Å². The highest BCUT2D eigenvalue weighted by molar-refractivity contribution is 6.31. The lowest BCUT2D eigenvalue weighted by Gasteiger charge is -2.23. The molecule has 1 fully saturated rings. The van der Waals surface area contributed by atoms with Crippen LogP contribution in [0.5, 0.6) is 0 Å². The van der Waals surface area contributed by atoms with E-state index in [-0.39, 0.29) is 5.91 Å². The summed E-state index contributed by atoms with van der Waals surface area (Å²) in [4.78, 5) is 24.0. The first-order chi connectivity index (χ1) is 12.0. The maximum Gasteiger partial charge on any atom is 0.321 e. The standard InChI is InChI=1S/C17H20ClN5O2/c1-11-9-20-23(10-12-5-2-3-6-13(12)18)15(11)22-17(25)21-14-7-4-8-19-16(14)24/h2-3,5-6,9,14H,4,7-8,10H2,1H3,(H,19,24)(H2,21,22,25)/t14-/m0/s1. The molecular formula is C17H20ClN5O2. The molecule has 132 valence electrons. The third-order valence-electron chi connectivity index (χ3n) is 4.12. The Bertz CT molecular complexity index is 789. The molecule has 8 heteroatoms. The van der Waals surface area contributed by atoms with Crippen molar-refractivity contribution in [3.05, 3.63) is 46.6 Å². The topological polar surface area (TPSA) is 88.1 Å². The number of urea groups is 1. The molecule has 1 aliphatic heterocycles. The largest absolute Gasteiger partial charge is 0.354 e. The van der Waals surface area contributed by atoms with Gasteiger partial charge in [-0.1, -0.05) is 29.8 Å². The van der Waals surface area contributed by atoms with Crippen molar-refractivity contribution in [1.82, 2.24) is 20.4 Å². The Kier molecular flexibility index (Phi) is 5.23. The van der Waals surface area contributed by atoms with E-state index < -0.39 is 12.1 Å². The second kappa shape index (κ2) is 7.57. The van der Waals surface area contributed by atoms with E-state index in [1.54, 1.807) is 10.9 Å². The van der Waals surface area contributed by atoms with Gasteiger partial charge in [0.05, 0.1) is 12.7 Å². The monoisotopic (exact) mass is 361 g/mol. The van der Waals surface area contributed by atoms with Crippen molar-refractivity contribution < 1.29 is 9.59 Å². The fraction of sp³-hybridized carbons (Fsp3) is 0.353. The van der Waals surface area contributed by atoms with E-state index in [1.807, 2.05) is 31.2 Å². The van der Waals surface area contributed by atoms with E-state index in [1.165, 1.54) is 0 Å². The molecule has 0 aliphatic carbocycles. The van der Waals surface area contributed by atoms with E-state index in [2.05, 4.69) is 21.0 Å². The summed E-state index contributed by atoms with van der Waals surface area (Å²) >= 11 is 6.20. The van der Waals surface area contributed by atoms with Gasteiger partial charge >= 0.3 is 6.03 Å². The van der Waals surface area contributed by atoms with E-state index in [9.17, 15) is 9.59 Å². The Hall–Kier alpha value is -2.54. The molecule has 1 saturated heterocycles. The molecule has 0 unspecified atom stereocenters. The molecule has 0 saturated carbocycles. The molecule has 1 aliphatic rings. The van der Waals surface area contributed by atoms with Crippen LogP contribution in [0.25, 0.3) is 0 Å². The lowest BCUT2D eigenvalue weighted by molar-refractivity contribution is -0.124. The van der Waals surface area contributed by atoms with Crippen LogP contribution >= 0.6 is 11.6 Å². The number of carbonyl (C=O) groups excluding carboxylic acids is 2. The molecule has 0 radical (unpaired) electrons. The van der Waals surface area contributed by atoms with Crippen molar-refractivity contribution in [1.29, 1.82) is 0 Å². The van der Waals surface area contributed by atoms with Crippen LogP contribution in [-0.2, 0) is 11.3 Å². The highest BCUT2D eigenvalue weighted by Crippen LogP contribution is 2.20. The molecular weight excluding hydrogens is 342 g/mol. The van der Waals surface area contributed by atoms with Gasteiger partial charge in [-0.2, -0.15) is 5.10 Å². The van der Waals surface area contributed by atoms with Crippen molar-refractivity contribution >= 4 is 29.4 Å². The van der Waals surface area contributed by atoms with Gasteiger partial charge in [-0.25, -0.2) is 9.48 Å². The van der Waals surface area contributed by atoms with Crippen LogP contribution in [0.2, 0.25) is 5.02 Å². The number of hydrogen-bond acceptors (Lipinski definition) is 3. The number of benzene rings is 1. The first-order valence-corrected chi connectivity index (χ1v) is 8.53. The molecule has 1 aromatic carbocycles. The van der Waals surface area contributed by atoms with Crippen molar-refractivity contribution in [3.63, 3.8) is 0 Å². The normalized spacial score (nSPS) is 17.0. The maximum atomic E-state index is 12.3. The fourth-order valence-corrected chi connectivity index (χ4v) is 2.96. The molecule has 25 heavy (non-hydrogen) atoms. The minimum Gasteiger partial charge on any atom is -0.354 e. The van der Waals surface area contributed by atoms with Gasteiger partial charge in [0, 0.05) is 17.1 Å². The lowest BCUT2D eigenvalue weighted by Crippen LogP contribution is -2.51. The zero-order chi connectivity index (χ0) is 17.8. The number of amides is 3. The third kappa shape index (κ3) is 4.11. The SMILES string of the molecule is Cc1cnn(Cc2ccccc2Cl)c1NC(=O)N[C@H]1CCCNC1=O. The van der Waals surface area contributed by atoms with Gasteiger partial charge in [0.15, 0.2) is 0 Å². The third-order valence-corrected chi connectivity index (χ3v) is 4.49. The number of aryl methyl sites for hydroxylation is 1. The van der Waals surface area contributed by atoms with Gasteiger partial charge < -0.3 is 10.6 Å². The number of piperidine rings is 1. The maximum absolute atomic E-state index is 12.3. The van der Waals surface area contributed by atoms with Gasteiger partial charge in [-0.15, -0.1) is 0 Å². The van der Waals surface area contributed by atoms with Crippen LogP contribution in [-0.4, -0.2) is 34.3 Å². The Morgan fingerprint density at radius 2 is 2.24 bits per heavy atom. The van der Waals surface area contributed by atoms with Crippen LogP contribution in [0.4, 0.5) is 10.6 Å². The Labute approximate surface area is 150 Å². The summed E-state index contributed by atoms with van der Waals surface area (Å²) in [5, 5.41) is 13.2. The number of hydrogen-bond donors (Lipinski definition) is 3. The van der Waals surface area contributed by atoms with Gasteiger partial charge in [-0.05, 0) is 31.4 Å². The van der Waals surface area contributed by atoms with Crippen molar-refractivity contribution in [2.45, 2.75) is 32.4 Å². The summed E-state index contributed by atoms with van der Waals surface area (Å²) in [5.41, 5.74) is 1.73. The van der Waals surface area contributed by atoms with Gasteiger partial charge in [0.1, 0.15) is 11.9 Å². The summed E-state index contributed by atoms with van der Waals surface area (Å²) in [5.74, 6) is 0.427. The summed E-state index contributed by atoms with van der Waals surface area (Å²) in [6, 6.07) is 6.56. The summed E-state index contributed by atoms with van der Waals surface area (Å²) in [7, 11) is 0. The predicted molar refractivity (Wildman–Crippen MR) is 95.7 cm³/mol. The average Bonchev–Trinajstić information content (AvgIpc) is 2.92. The summed E-state index contributed by atoms with van der Waals surface area (Å²) in [6.07, 6.45) is 3.16. The van der Waals surface area contributed by atoms with Crippen molar-refractivity contribution in [2.75, 3.05) is 11.9 Å². The lowest BCUT2D eigenvalue weighted by atomic mass is 10.1. The quantitative estimate of drug-likeness (QED) is 0.780. The van der Waals surface area contributed by atoms with Crippen LogP contribution in [0.15, 0.2) is 30.5 Å². The Morgan fingerprint density at radius 3 is 3.00 bits per heavy atom. The van der Waals surface area contributed by atoms with Crippen molar-refractivity contribution in [3.8, 4) is 0 Å². The Balaban J connectivity index is 1.70. The zero-order valence-electron chi connectivity index (χ0n) is 13.9. The van der Waals surface area contributed by atoms with Crippen LogP contribution < -0.4 is 16.0 Å². The van der Waals surface area contributed by atoms with Gasteiger partial charge in [-0.3, -0.25) is 10.1 Å². The Morgan fingerprint density at radius 1 is 1.44 bits per heavy atom. The van der Waals surface area contributed by atoms with E-state index in [0.29, 0.717) is 30.4 Å². The van der Waals surface area contributed by atoms with Gasteiger partial charge in [0.25, 0.3) is 0 Å². The number of nitrogens with zero attached hydrogens (tertiary/aromatic N) is 2. The minimum absolute atomic E-state index is 0.150.